The molecule has 1 unspecified atom stereocenters. The molecule has 2 fully saturated rings. The number of hydrogen-bond donors (Lipinski definition) is 0. The number of fused-ring (bicyclic) bond motifs is 1. The number of piperidine rings is 1. The maximum atomic E-state index is 13.4. The monoisotopic (exact) mass is 403 g/mol. The second kappa shape index (κ2) is 7.23. The molecule has 3 aromatic rings. The number of aromatic nitrogens is 3. The van der Waals surface area contributed by atoms with Crippen LogP contribution in [0.4, 0.5) is 0 Å². The Balaban J connectivity index is 1.32. The van der Waals surface area contributed by atoms with Crippen LogP contribution < -0.4 is 0 Å². The van der Waals surface area contributed by atoms with Crippen LogP contribution in [0.15, 0.2) is 48.9 Å². The second-order valence-electron chi connectivity index (χ2n) is 8.53. The SMILES string of the molecule is Cc1cccc(CN2CCCC3(CCN(C(=O)c4cn5cccnc5n4)C3)C2=O)c1. The van der Waals surface area contributed by atoms with E-state index in [9.17, 15) is 9.59 Å². The molecule has 30 heavy (non-hydrogen) atoms. The van der Waals surface area contributed by atoms with Crippen LogP contribution in [-0.4, -0.2) is 55.6 Å². The van der Waals surface area contributed by atoms with E-state index in [0.29, 0.717) is 37.5 Å². The maximum Gasteiger partial charge on any atom is 0.274 e. The second-order valence-corrected chi connectivity index (χ2v) is 8.53. The van der Waals surface area contributed by atoms with Crippen molar-refractivity contribution in [1.29, 1.82) is 0 Å². The molecule has 2 amide bonds. The summed E-state index contributed by atoms with van der Waals surface area (Å²) in [4.78, 5) is 38.8. The minimum Gasteiger partial charge on any atom is -0.338 e. The molecule has 2 aromatic heterocycles. The number of amides is 2. The molecule has 0 saturated carbocycles. The lowest BCUT2D eigenvalue weighted by Crippen LogP contribution is -2.50. The van der Waals surface area contributed by atoms with E-state index in [2.05, 4.69) is 35.1 Å². The predicted octanol–water partition coefficient (Wildman–Crippen LogP) is 2.69. The van der Waals surface area contributed by atoms with Gasteiger partial charge in [0.2, 0.25) is 11.7 Å². The van der Waals surface area contributed by atoms with Crippen LogP contribution in [0.5, 0.6) is 0 Å². The molecule has 0 N–H and O–H groups in total. The molecule has 0 bridgehead atoms. The standard InChI is InChI=1S/C23H25N5O2/c1-17-5-2-6-18(13-17)14-26-10-3-7-23(21(26)30)8-12-28(16-23)20(29)19-15-27-11-4-9-24-22(27)25-19/h2,4-6,9,11,13,15H,3,7-8,10,12,14,16H2,1H3. The molecule has 1 spiro atoms. The highest BCUT2D eigenvalue weighted by Gasteiger charge is 2.49. The lowest BCUT2D eigenvalue weighted by Gasteiger charge is -2.39. The molecule has 7 heteroatoms. The van der Waals surface area contributed by atoms with E-state index in [1.807, 2.05) is 17.2 Å². The molecule has 7 nitrogen and oxygen atoms in total. The molecule has 0 radical (unpaired) electrons. The molecule has 1 atom stereocenters. The summed E-state index contributed by atoms with van der Waals surface area (Å²) in [5.74, 6) is 0.566. The van der Waals surface area contributed by atoms with E-state index in [0.717, 1.165) is 24.9 Å². The number of likely N-dealkylation sites (tertiary alicyclic amines) is 2. The minimum absolute atomic E-state index is 0.124. The van der Waals surface area contributed by atoms with Crippen molar-refractivity contribution >= 4 is 17.6 Å². The topological polar surface area (TPSA) is 70.8 Å². The first-order valence-corrected chi connectivity index (χ1v) is 10.5. The Bertz CT molecular complexity index is 1090. The van der Waals surface area contributed by atoms with Crippen LogP contribution in [-0.2, 0) is 11.3 Å². The fourth-order valence-electron chi connectivity index (χ4n) is 4.85. The lowest BCUT2D eigenvalue weighted by atomic mass is 9.78. The van der Waals surface area contributed by atoms with E-state index >= 15 is 0 Å². The molecule has 2 saturated heterocycles. The third-order valence-corrected chi connectivity index (χ3v) is 6.38. The fourth-order valence-corrected chi connectivity index (χ4v) is 4.85. The Labute approximate surface area is 175 Å². The van der Waals surface area contributed by atoms with Gasteiger partial charge in [-0.1, -0.05) is 29.8 Å². The Morgan fingerprint density at radius 1 is 1.20 bits per heavy atom. The highest BCUT2D eigenvalue weighted by atomic mass is 16.2. The zero-order valence-electron chi connectivity index (χ0n) is 17.1. The number of benzene rings is 1. The van der Waals surface area contributed by atoms with E-state index in [1.165, 1.54) is 5.56 Å². The van der Waals surface area contributed by atoms with Crippen LogP contribution in [0.25, 0.3) is 5.78 Å². The third-order valence-electron chi connectivity index (χ3n) is 6.38. The minimum atomic E-state index is -0.463. The number of nitrogens with zero attached hydrogens (tertiary/aromatic N) is 5. The average Bonchev–Trinajstić information content (AvgIpc) is 3.36. The summed E-state index contributed by atoms with van der Waals surface area (Å²) in [6.07, 6.45) is 7.72. The summed E-state index contributed by atoms with van der Waals surface area (Å²) >= 11 is 0. The van der Waals surface area contributed by atoms with Crippen LogP contribution in [0.3, 0.4) is 0 Å². The van der Waals surface area contributed by atoms with Gasteiger partial charge >= 0.3 is 0 Å². The van der Waals surface area contributed by atoms with Gasteiger partial charge in [-0.2, -0.15) is 0 Å². The van der Waals surface area contributed by atoms with E-state index < -0.39 is 5.41 Å². The molecular weight excluding hydrogens is 378 g/mol. The predicted molar refractivity (Wildman–Crippen MR) is 112 cm³/mol. The summed E-state index contributed by atoms with van der Waals surface area (Å²) in [5.41, 5.74) is 2.27. The van der Waals surface area contributed by atoms with Gasteiger partial charge in [0.25, 0.3) is 5.91 Å². The number of aryl methyl sites for hydroxylation is 1. The van der Waals surface area contributed by atoms with E-state index in [1.54, 1.807) is 27.8 Å². The summed E-state index contributed by atoms with van der Waals surface area (Å²) in [6.45, 7) is 4.54. The van der Waals surface area contributed by atoms with E-state index in [4.69, 9.17) is 0 Å². The van der Waals surface area contributed by atoms with E-state index in [-0.39, 0.29) is 11.8 Å². The third kappa shape index (κ3) is 3.24. The van der Waals surface area contributed by atoms with Crippen LogP contribution >= 0.6 is 0 Å². The number of imidazole rings is 1. The van der Waals surface area contributed by atoms with Crippen molar-refractivity contribution in [2.75, 3.05) is 19.6 Å². The largest absolute Gasteiger partial charge is 0.338 e. The van der Waals surface area contributed by atoms with Crippen molar-refractivity contribution in [3.8, 4) is 0 Å². The van der Waals surface area contributed by atoms with Crippen molar-refractivity contribution < 1.29 is 9.59 Å². The van der Waals surface area contributed by atoms with Gasteiger partial charge in [0.1, 0.15) is 5.69 Å². The van der Waals surface area contributed by atoms with Crippen LogP contribution in [0.1, 0.15) is 40.9 Å². The molecule has 154 valence electrons. The molecule has 0 aliphatic carbocycles. The van der Waals surface area contributed by atoms with Crippen molar-refractivity contribution in [3.05, 3.63) is 65.7 Å². The van der Waals surface area contributed by atoms with Crippen molar-refractivity contribution in [2.24, 2.45) is 5.41 Å². The van der Waals surface area contributed by atoms with Crippen LogP contribution in [0.2, 0.25) is 0 Å². The van der Waals surface area contributed by atoms with Gasteiger partial charge in [-0.15, -0.1) is 0 Å². The normalized spacial score (nSPS) is 21.7. The summed E-state index contributed by atoms with van der Waals surface area (Å²) < 4.78 is 1.74. The first-order chi connectivity index (χ1) is 14.5. The lowest BCUT2D eigenvalue weighted by molar-refractivity contribution is -0.146. The average molecular weight is 403 g/mol. The summed E-state index contributed by atoms with van der Waals surface area (Å²) in [7, 11) is 0. The van der Waals surface area contributed by atoms with Gasteiger partial charge in [0.15, 0.2) is 0 Å². The number of carbonyl (C=O) groups excluding carboxylic acids is 2. The Morgan fingerprint density at radius 3 is 2.93 bits per heavy atom. The van der Waals surface area contributed by atoms with Crippen molar-refractivity contribution in [2.45, 2.75) is 32.7 Å². The Morgan fingerprint density at radius 2 is 2.10 bits per heavy atom. The van der Waals surface area contributed by atoms with Gasteiger partial charge in [0.05, 0.1) is 5.41 Å². The number of hydrogen-bond acceptors (Lipinski definition) is 4. The Kier molecular flexibility index (Phi) is 4.53. The van der Waals surface area contributed by atoms with Gasteiger partial charge in [0, 0.05) is 44.8 Å². The first-order valence-electron chi connectivity index (χ1n) is 10.5. The number of rotatable bonds is 3. The molecule has 4 heterocycles. The van der Waals surface area contributed by atoms with Gasteiger partial charge in [-0.25, -0.2) is 9.97 Å². The smallest absolute Gasteiger partial charge is 0.274 e. The molecule has 5 rings (SSSR count). The number of carbonyl (C=O) groups is 2. The molecular formula is C23H25N5O2. The zero-order chi connectivity index (χ0) is 20.7. The fraction of sp³-hybridized carbons (Fsp3) is 0.391. The summed E-state index contributed by atoms with van der Waals surface area (Å²) in [6, 6.07) is 10.1. The van der Waals surface area contributed by atoms with Crippen LogP contribution in [0, 0.1) is 12.3 Å². The Hall–Kier alpha value is -3.22. The zero-order valence-corrected chi connectivity index (χ0v) is 17.1. The van der Waals surface area contributed by atoms with Crippen molar-refractivity contribution in [3.63, 3.8) is 0 Å². The van der Waals surface area contributed by atoms with Gasteiger partial charge < -0.3 is 9.80 Å². The first kappa shape index (κ1) is 18.8. The van der Waals surface area contributed by atoms with Gasteiger partial charge in [-0.3, -0.25) is 14.0 Å². The molecule has 2 aliphatic heterocycles. The van der Waals surface area contributed by atoms with Crippen molar-refractivity contribution in [1.82, 2.24) is 24.2 Å². The molecule has 2 aliphatic rings. The highest BCUT2D eigenvalue weighted by molar-refractivity contribution is 5.94. The summed E-state index contributed by atoms with van der Waals surface area (Å²) in [5, 5.41) is 0. The van der Waals surface area contributed by atoms with Gasteiger partial charge in [-0.05, 0) is 37.8 Å². The molecule has 1 aromatic carbocycles. The maximum absolute atomic E-state index is 13.4. The highest BCUT2D eigenvalue weighted by Crippen LogP contribution is 2.41. The quantitative estimate of drug-likeness (QED) is 0.674.